The molecular weight excluding hydrogens is 416 g/mol. The topological polar surface area (TPSA) is 0 Å². The molecule has 0 bridgehead atoms. The first-order chi connectivity index (χ1) is 11.7. The molecule has 2 aromatic carbocycles. The predicted molar refractivity (Wildman–Crippen MR) is 115 cm³/mol. The van der Waals surface area contributed by atoms with Crippen LogP contribution < -0.4 is 0 Å². The van der Waals surface area contributed by atoms with Crippen molar-refractivity contribution in [2.75, 3.05) is 0 Å². The van der Waals surface area contributed by atoms with Crippen LogP contribution in [0.1, 0.15) is 31.7 Å². The summed E-state index contributed by atoms with van der Waals surface area (Å²) >= 11 is 9.51. The molecule has 0 fully saturated rings. The van der Waals surface area contributed by atoms with Crippen LogP contribution in [-0.4, -0.2) is 5.25 Å². The first-order valence-corrected chi connectivity index (χ1v) is 11.8. The van der Waals surface area contributed by atoms with Crippen LogP contribution in [0, 0.1) is 0 Å². The van der Waals surface area contributed by atoms with Crippen LogP contribution in [-0.2, 0) is 6.42 Å². The minimum atomic E-state index is 0.794. The number of thioether (sulfide) groups is 1. The summed E-state index contributed by atoms with van der Waals surface area (Å²) in [6.45, 7) is 2.29. The smallest absolute Gasteiger partial charge is 0.0711 e. The lowest BCUT2D eigenvalue weighted by atomic mass is 10.0. The Hall–Kier alpha value is -0.550. The van der Waals surface area contributed by atoms with Crippen molar-refractivity contribution >= 4 is 80.6 Å². The molecule has 1 unspecified atom stereocenters. The molecule has 1 aliphatic heterocycles. The van der Waals surface area contributed by atoms with E-state index >= 15 is 0 Å². The van der Waals surface area contributed by atoms with Crippen LogP contribution in [0.2, 0.25) is 0 Å². The zero-order valence-corrected chi connectivity index (χ0v) is 17.4. The molecule has 1 atom stereocenters. The number of rotatable bonds is 3. The molecule has 0 amide bonds. The van der Waals surface area contributed by atoms with Gasteiger partial charge in [0.1, 0.15) is 0 Å². The van der Waals surface area contributed by atoms with Crippen LogP contribution in [0.4, 0.5) is 0 Å². The lowest BCUT2D eigenvalue weighted by Crippen LogP contribution is -1.99. The van der Waals surface area contributed by atoms with Gasteiger partial charge in [-0.2, -0.15) is 0 Å². The summed E-state index contributed by atoms with van der Waals surface area (Å²) in [5.74, 6) is 0. The van der Waals surface area contributed by atoms with Gasteiger partial charge < -0.3 is 0 Å². The number of fused-ring (bicyclic) bond motifs is 5. The van der Waals surface area contributed by atoms with Gasteiger partial charge in [-0.25, -0.2) is 0 Å². The highest BCUT2D eigenvalue weighted by molar-refractivity contribution is 9.11. The van der Waals surface area contributed by atoms with E-state index in [9.17, 15) is 0 Å². The van der Waals surface area contributed by atoms with E-state index in [0.29, 0.717) is 0 Å². The molecular formula is C20H17BrS3. The third-order valence-corrected chi connectivity index (χ3v) is 8.97. The van der Waals surface area contributed by atoms with Crippen molar-refractivity contribution in [2.45, 2.75) is 42.8 Å². The fourth-order valence-corrected chi connectivity index (χ4v) is 7.94. The molecule has 0 radical (unpaired) electrons. The summed E-state index contributed by atoms with van der Waals surface area (Å²) in [5.41, 5.74) is 1.57. The van der Waals surface area contributed by atoms with Crippen LogP contribution in [0.25, 0.3) is 30.3 Å². The third kappa shape index (κ3) is 2.54. The normalized spacial score (nSPS) is 17.3. The Labute approximate surface area is 162 Å². The molecule has 4 heteroatoms. The molecule has 0 aliphatic carbocycles. The molecule has 0 nitrogen and oxygen atoms in total. The minimum Gasteiger partial charge on any atom is -0.135 e. The molecule has 0 saturated carbocycles. The van der Waals surface area contributed by atoms with Gasteiger partial charge in [-0.1, -0.05) is 19.8 Å². The van der Waals surface area contributed by atoms with Gasteiger partial charge in [0, 0.05) is 35.0 Å². The quantitative estimate of drug-likeness (QED) is 0.313. The summed E-state index contributed by atoms with van der Waals surface area (Å²) in [6.07, 6.45) is 5.26. The summed E-state index contributed by atoms with van der Waals surface area (Å²) < 4.78 is 5.46. The second-order valence-electron chi connectivity index (χ2n) is 6.58. The Kier molecular flexibility index (Phi) is 3.93. The third-order valence-electron chi connectivity index (χ3n) is 4.88. The first-order valence-electron chi connectivity index (χ1n) is 8.46. The Morgan fingerprint density at radius 1 is 1.00 bits per heavy atom. The minimum absolute atomic E-state index is 0.794. The second kappa shape index (κ2) is 6.01. The van der Waals surface area contributed by atoms with Crippen molar-refractivity contribution < 1.29 is 0 Å². The largest absolute Gasteiger partial charge is 0.135 e. The Bertz CT molecular complexity index is 1070. The molecule has 5 rings (SSSR count). The number of unbranched alkanes of at least 4 members (excludes halogenated alkanes) is 1. The highest BCUT2D eigenvalue weighted by atomic mass is 79.9. The van der Waals surface area contributed by atoms with E-state index in [1.54, 1.807) is 5.56 Å². The summed E-state index contributed by atoms with van der Waals surface area (Å²) in [7, 11) is 0. The van der Waals surface area contributed by atoms with Crippen molar-refractivity contribution in [3.8, 4) is 0 Å². The molecule has 2 aromatic heterocycles. The average molecular weight is 433 g/mol. The van der Waals surface area contributed by atoms with Crippen molar-refractivity contribution in [2.24, 2.45) is 0 Å². The fourth-order valence-electron chi connectivity index (χ4n) is 3.68. The summed E-state index contributed by atoms with van der Waals surface area (Å²) in [4.78, 5) is 1.53. The van der Waals surface area contributed by atoms with Crippen LogP contribution in [0.3, 0.4) is 0 Å². The van der Waals surface area contributed by atoms with E-state index in [4.69, 9.17) is 0 Å². The fraction of sp³-hybridized carbons (Fsp3) is 0.300. The maximum Gasteiger partial charge on any atom is 0.0711 e. The molecule has 122 valence electrons. The van der Waals surface area contributed by atoms with Crippen LogP contribution in [0.5, 0.6) is 0 Å². The van der Waals surface area contributed by atoms with Gasteiger partial charge in [0.2, 0.25) is 0 Å². The first kappa shape index (κ1) is 15.7. The highest BCUT2D eigenvalue weighted by Crippen LogP contribution is 2.46. The van der Waals surface area contributed by atoms with Crippen molar-refractivity contribution in [3.63, 3.8) is 0 Å². The lowest BCUT2D eigenvalue weighted by molar-refractivity contribution is 0.687. The number of hydrogen-bond donors (Lipinski definition) is 0. The molecule has 1 aliphatic rings. The zero-order chi connectivity index (χ0) is 16.3. The van der Waals surface area contributed by atoms with E-state index in [1.165, 1.54) is 64.6 Å². The van der Waals surface area contributed by atoms with Gasteiger partial charge in [-0.15, -0.1) is 34.4 Å². The molecule has 0 saturated heterocycles. The van der Waals surface area contributed by atoms with Crippen LogP contribution >= 0.6 is 50.4 Å². The van der Waals surface area contributed by atoms with Gasteiger partial charge in [0.05, 0.1) is 3.79 Å². The van der Waals surface area contributed by atoms with Crippen molar-refractivity contribution in [1.29, 1.82) is 0 Å². The van der Waals surface area contributed by atoms with E-state index in [-0.39, 0.29) is 0 Å². The van der Waals surface area contributed by atoms with E-state index in [2.05, 4.69) is 64.9 Å². The van der Waals surface area contributed by atoms with Crippen LogP contribution in [0.15, 0.2) is 39.0 Å². The predicted octanol–water partition coefficient (Wildman–Crippen LogP) is 8.24. The Morgan fingerprint density at radius 2 is 1.83 bits per heavy atom. The van der Waals surface area contributed by atoms with E-state index in [0.717, 1.165) is 5.25 Å². The summed E-state index contributed by atoms with van der Waals surface area (Å²) in [6, 6.07) is 11.9. The highest BCUT2D eigenvalue weighted by Gasteiger charge is 2.23. The van der Waals surface area contributed by atoms with Gasteiger partial charge in [0.15, 0.2) is 0 Å². The van der Waals surface area contributed by atoms with Gasteiger partial charge in [-0.05, 0) is 70.1 Å². The molecule has 0 N–H and O–H groups in total. The average Bonchev–Trinajstić information content (AvgIpc) is 3.21. The van der Waals surface area contributed by atoms with Gasteiger partial charge in [-0.3, -0.25) is 0 Å². The monoisotopic (exact) mass is 432 g/mol. The van der Waals surface area contributed by atoms with E-state index in [1.807, 2.05) is 22.7 Å². The number of halogens is 1. The SMILES string of the molecule is CCCCC1Cc2cc3c(cc2S1)sc1cc2sc(Br)cc2cc13. The summed E-state index contributed by atoms with van der Waals surface area (Å²) in [5, 5.41) is 5.03. The standard InChI is InChI=1S/C20H17BrS3/c1-2-3-4-13-5-11-6-14-15-7-12-8-20(21)24-17(12)10-19(15)23-18(14)9-16(11)22-13/h6-10,13H,2-5H2,1H3. The number of hydrogen-bond acceptors (Lipinski definition) is 3. The number of thiophene rings is 2. The van der Waals surface area contributed by atoms with Crippen molar-refractivity contribution in [1.82, 2.24) is 0 Å². The number of benzene rings is 2. The molecule has 3 heterocycles. The lowest BCUT2D eigenvalue weighted by Gasteiger charge is -2.05. The maximum atomic E-state index is 3.62. The van der Waals surface area contributed by atoms with Gasteiger partial charge >= 0.3 is 0 Å². The Morgan fingerprint density at radius 3 is 2.71 bits per heavy atom. The molecule has 24 heavy (non-hydrogen) atoms. The molecule has 4 aromatic rings. The Balaban J connectivity index is 1.64. The maximum absolute atomic E-state index is 3.62. The van der Waals surface area contributed by atoms with E-state index < -0.39 is 0 Å². The van der Waals surface area contributed by atoms with Gasteiger partial charge in [0.25, 0.3) is 0 Å². The second-order valence-corrected chi connectivity index (χ2v) is 11.5. The zero-order valence-electron chi connectivity index (χ0n) is 13.4. The van der Waals surface area contributed by atoms with Crippen molar-refractivity contribution in [3.05, 3.63) is 39.7 Å². The molecule has 0 spiro atoms.